The van der Waals surface area contributed by atoms with Gasteiger partial charge < -0.3 is 20.1 Å². The largest absolute Gasteiger partial charge is 0.393 e. The molecule has 1 unspecified atom stereocenters. The van der Waals surface area contributed by atoms with E-state index in [1.165, 1.54) is 0 Å². The molecule has 0 radical (unpaired) electrons. The van der Waals surface area contributed by atoms with Gasteiger partial charge in [-0.25, -0.2) is 0 Å². The van der Waals surface area contributed by atoms with E-state index in [0.717, 1.165) is 0 Å². The molecule has 4 nitrogen and oxygen atoms in total. The van der Waals surface area contributed by atoms with E-state index in [4.69, 9.17) is 20.1 Å². The molecular weight excluding hydrogens is 136 g/mol. The summed E-state index contributed by atoms with van der Waals surface area (Å²) in [4.78, 5) is 0. The van der Waals surface area contributed by atoms with Gasteiger partial charge in [-0.3, -0.25) is 0 Å². The van der Waals surface area contributed by atoms with E-state index >= 15 is 0 Å². The first-order valence-corrected chi connectivity index (χ1v) is 3.20. The standard InChI is InChI=1S/C6H14O4/c1-4(2)10-5(3-7)6(8)9/h4-9H,3H2,1-2H3. The summed E-state index contributed by atoms with van der Waals surface area (Å²) in [6.45, 7) is 3.13. The lowest BCUT2D eigenvalue weighted by Gasteiger charge is -2.19. The molecule has 0 saturated heterocycles. The van der Waals surface area contributed by atoms with Crippen LogP contribution in [0.4, 0.5) is 0 Å². The van der Waals surface area contributed by atoms with Crippen molar-refractivity contribution in [2.24, 2.45) is 0 Å². The van der Waals surface area contributed by atoms with Crippen molar-refractivity contribution >= 4 is 0 Å². The summed E-state index contributed by atoms with van der Waals surface area (Å²) in [7, 11) is 0. The van der Waals surface area contributed by atoms with Crippen LogP contribution >= 0.6 is 0 Å². The third-order valence-corrected chi connectivity index (χ3v) is 0.959. The SMILES string of the molecule is CC(C)OC(CO)C(O)O. The molecule has 0 aromatic rings. The third kappa shape index (κ3) is 3.79. The fourth-order valence-electron chi connectivity index (χ4n) is 0.557. The van der Waals surface area contributed by atoms with Gasteiger partial charge in [0, 0.05) is 0 Å². The first kappa shape index (κ1) is 9.84. The number of hydrogen-bond donors (Lipinski definition) is 3. The van der Waals surface area contributed by atoms with Gasteiger partial charge in [0.25, 0.3) is 0 Å². The van der Waals surface area contributed by atoms with Crippen molar-refractivity contribution in [2.75, 3.05) is 6.61 Å². The molecule has 0 aromatic heterocycles. The molecule has 3 N–H and O–H groups in total. The molecule has 62 valence electrons. The van der Waals surface area contributed by atoms with Crippen molar-refractivity contribution in [3.63, 3.8) is 0 Å². The third-order valence-electron chi connectivity index (χ3n) is 0.959. The second kappa shape index (κ2) is 4.62. The first-order valence-electron chi connectivity index (χ1n) is 3.20. The maximum Gasteiger partial charge on any atom is 0.180 e. The lowest BCUT2D eigenvalue weighted by atomic mass is 10.3. The lowest BCUT2D eigenvalue weighted by molar-refractivity contribution is -0.171. The molecular formula is C6H14O4. The molecule has 0 spiro atoms. The van der Waals surface area contributed by atoms with Gasteiger partial charge in [0.2, 0.25) is 0 Å². The van der Waals surface area contributed by atoms with Crippen LogP contribution in [0, 0.1) is 0 Å². The maximum absolute atomic E-state index is 8.53. The molecule has 0 aliphatic carbocycles. The Labute approximate surface area is 60.1 Å². The molecule has 4 heteroatoms. The molecule has 10 heavy (non-hydrogen) atoms. The summed E-state index contributed by atoms with van der Waals surface area (Å²) in [6, 6.07) is 0. The van der Waals surface area contributed by atoms with Crippen molar-refractivity contribution < 1.29 is 20.1 Å². The summed E-state index contributed by atoms with van der Waals surface area (Å²) in [6.07, 6.45) is -2.61. The molecule has 0 aromatic carbocycles. The van der Waals surface area contributed by atoms with Crippen LogP contribution in [-0.2, 0) is 4.74 Å². The number of ether oxygens (including phenoxy) is 1. The van der Waals surface area contributed by atoms with Gasteiger partial charge in [0.05, 0.1) is 12.7 Å². The first-order chi connectivity index (χ1) is 4.57. The Morgan fingerprint density at radius 3 is 1.90 bits per heavy atom. The topological polar surface area (TPSA) is 69.9 Å². The highest BCUT2D eigenvalue weighted by Gasteiger charge is 2.16. The maximum atomic E-state index is 8.53. The Hall–Kier alpha value is -0.160. The Morgan fingerprint density at radius 1 is 1.30 bits per heavy atom. The monoisotopic (exact) mass is 150 g/mol. The smallest absolute Gasteiger partial charge is 0.180 e. The van der Waals surface area contributed by atoms with E-state index in [0.29, 0.717) is 0 Å². The zero-order valence-electron chi connectivity index (χ0n) is 6.19. The van der Waals surface area contributed by atoms with Crippen LogP contribution < -0.4 is 0 Å². The predicted octanol–water partition coefficient (Wildman–Crippen LogP) is -0.917. The lowest BCUT2D eigenvalue weighted by Crippen LogP contribution is -2.34. The molecule has 0 amide bonds. The van der Waals surface area contributed by atoms with Gasteiger partial charge in [-0.2, -0.15) is 0 Å². The van der Waals surface area contributed by atoms with Gasteiger partial charge in [0.15, 0.2) is 6.29 Å². The summed E-state index contributed by atoms with van der Waals surface area (Å²) >= 11 is 0. The van der Waals surface area contributed by atoms with E-state index in [1.807, 2.05) is 0 Å². The van der Waals surface area contributed by atoms with Crippen LogP contribution in [0.25, 0.3) is 0 Å². The second-order valence-corrected chi connectivity index (χ2v) is 2.32. The normalized spacial score (nSPS) is 14.7. The van der Waals surface area contributed by atoms with Crippen LogP contribution in [0.2, 0.25) is 0 Å². The highest BCUT2D eigenvalue weighted by Crippen LogP contribution is 1.99. The molecule has 0 heterocycles. The van der Waals surface area contributed by atoms with Crippen molar-refractivity contribution in [2.45, 2.75) is 32.3 Å². The number of aliphatic hydroxyl groups is 3. The minimum Gasteiger partial charge on any atom is -0.393 e. The average Bonchev–Trinajstić information content (AvgIpc) is 1.81. The van der Waals surface area contributed by atoms with E-state index in [9.17, 15) is 0 Å². The van der Waals surface area contributed by atoms with Crippen LogP contribution in [0.15, 0.2) is 0 Å². The summed E-state index contributed by atoms with van der Waals surface area (Å²) < 4.78 is 4.91. The molecule has 0 rings (SSSR count). The predicted molar refractivity (Wildman–Crippen MR) is 35.3 cm³/mol. The fourth-order valence-corrected chi connectivity index (χ4v) is 0.557. The van der Waals surface area contributed by atoms with Gasteiger partial charge in [0.1, 0.15) is 6.10 Å². The molecule has 0 bridgehead atoms. The number of rotatable bonds is 4. The summed E-state index contributed by atoms with van der Waals surface area (Å²) in [5.74, 6) is 0. The van der Waals surface area contributed by atoms with Gasteiger partial charge in [-0.15, -0.1) is 0 Å². The second-order valence-electron chi connectivity index (χ2n) is 2.32. The fraction of sp³-hybridized carbons (Fsp3) is 1.00. The molecule has 0 saturated carbocycles. The Kier molecular flexibility index (Phi) is 4.55. The minimum atomic E-state index is -1.60. The van der Waals surface area contributed by atoms with E-state index < -0.39 is 12.4 Å². The zero-order chi connectivity index (χ0) is 8.15. The highest BCUT2D eigenvalue weighted by molar-refractivity contribution is 4.57. The Morgan fingerprint density at radius 2 is 1.80 bits per heavy atom. The highest BCUT2D eigenvalue weighted by atomic mass is 16.6. The van der Waals surface area contributed by atoms with Gasteiger partial charge in [-0.05, 0) is 13.8 Å². The molecule has 0 fully saturated rings. The van der Waals surface area contributed by atoms with Crippen LogP contribution in [0.5, 0.6) is 0 Å². The van der Waals surface area contributed by atoms with E-state index in [2.05, 4.69) is 0 Å². The van der Waals surface area contributed by atoms with Gasteiger partial charge in [-0.1, -0.05) is 0 Å². The Bertz CT molecular complexity index is 81.8. The summed E-state index contributed by atoms with van der Waals surface area (Å²) in [5, 5.41) is 25.6. The quantitative estimate of drug-likeness (QED) is 0.453. The molecule has 0 aliphatic heterocycles. The van der Waals surface area contributed by atoms with Gasteiger partial charge >= 0.3 is 0 Å². The van der Waals surface area contributed by atoms with E-state index in [-0.39, 0.29) is 12.7 Å². The Balaban J connectivity index is 3.60. The van der Waals surface area contributed by atoms with Crippen molar-refractivity contribution in [1.29, 1.82) is 0 Å². The molecule has 0 aliphatic rings. The van der Waals surface area contributed by atoms with E-state index in [1.54, 1.807) is 13.8 Å². The molecule has 1 atom stereocenters. The van der Waals surface area contributed by atoms with Crippen LogP contribution in [0.1, 0.15) is 13.8 Å². The summed E-state index contributed by atoms with van der Waals surface area (Å²) in [5.41, 5.74) is 0. The van der Waals surface area contributed by atoms with Crippen LogP contribution in [0.3, 0.4) is 0 Å². The number of aliphatic hydroxyl groups excluding tert-OH is 2. The van der Waals surface area contributed by atoms with Crippen LogP contribution in [-0.4, -0.2) is 40.4 Å². The van der Waals surface area contributed by atoms with Crippen molar-refractivity contribution in [3.05, 3.63) is 0 Å². The van der Waals surface area contributed by atoms with Crippen molar-refractivity contribution in [3.8, 4) is 0 Å². The average molecular weight is 150 g/mol. The number of hydrogen-bond acceptors (Lipinski definition) is 4. The zero-order valence-corrected chi connectivity index (χ0v) is 6.19. The minimum absolute atomic E-state index is 0.112. The van der Waals surface area contributed by atoms with Crippen molar-refractivity contribution in [1.82, 2.24) is 0 Å².